The quantitative estimate of drug-likeness (QED) is 0.658. The van der Waals surface area contributed by atoms with E-state index in [1.807, 2.05) is 43.3 Å². The molecule has 0 fully saturated rings. The number of ether oxygens (including phenoxy) is 1. The number of rotatable bonds is 6. The van der Waals surface area contributed by atoms with Crippen LogP contribution in [0.4, 0.5) is 17.5 Å². The Morgan fingerprint density at radius 3 is 2.46 bits per heavy atom. The number of hydrogen-bond donors (Lipinski definition) is 2. The van der Waals surface area contributed by atoms with E-state index in [9.17, 15) is 4.79 Å². The predicted octanol–water partition coefficient (Wildman–Crippen LogP) is 3.93. The molecule has 0 radical (unpaired) electrons. The van der Waals surface area contributed by atoms with Crippen molar-refractivity contribution in [3.63, 3.8) is 0 Å². The number of nitrogens with zero attached hydrogens (tertiary/aromatic N) is 2. The third-order valence-corrected chi connectivity index (χ3v) is 3.73. The molecule has 0 saturated carbocycles. The zero-order valence-electron chi connectivity index (χ0n) is 14.7. The van der Waals surface area contributed by atoms with Crippen LogP contribution < -0.4 is 10.6 Å². The van der Waals surface area contributed by atoms with Gasteiger partial charge in [0.25, 0.3) is 0 Å². The van der Waals surface area contributed by atoms with Gasteiger partial charge in [0.2, 0.25) is 5.95 Å². The van der Waals surface area contributed by atoms with Crippen molar-refractivity contribution in [2.45, 2.75) is 13.5 Å². The highest BCUT2D eigenvalue weighted by molar-refractivity contribution is 5.89. The summed E-state index contributed by atoms with van der Waals surface area (Å²) >= 11 is 0. The Bertz CT molecular complexity index is 880. The van der Waals surface area contributed by atoms with E-state index in [1.54, 1.807) is 24.3 Å². The monoisotopic (exact) mass is 348 g/mol. The molecule has 0 amide bonds. The van der Waals surface area contributed by atoms with Crippen LogP contribution in [-0.4, -0.2) is 23.0 Å². The molecule has 0 atom stereocenters. The van der Waals surface area contributed by atoms with Gasteiger partial charge in [0.1, 0.15) is 5.82 Å². The van der Waals surface area contributed by atoms with Gasteiger partial charge in [-0.2, -0.15) is 4.98 Å². The number of aromatic nitrogens is 2. The first kappa shape index (κ1) is 17.4. The molecule has 132 valence electrons. The Kier molecular flexibility index (Phi) is 5.43. The number of methoxy groups -OCH3 is 1. The number of nitrogens with one attached hydrogen (secondary N) is 2. The lowest BCUT2D eigenvalue weighted by Crippen LogP contribution is -2.06. The number of benzene rings is 2. The first-order valence-corrected chi connectivity index (χ1v) is 8.23. The molecule has 0 aliphatic rings. The van der Waals surface area contributed by atoms with E-state index in [2.05, 4.69) is 20.6 Å². The van der Waals surface area contributed by atoms with Gasteiger partial charge < -0.3 is 15.4 Å². The van der Waals surface area contributed by atoms with E-state index in [4.69, 9.17) is 4.74 Å². The van der Waals surface area contributed by atoms with Gasteiger partial charge in [0.05, 0.1) is 12.7 Å². The minimum atomic E-state index is -0.359. The van der Waals surface area contributed by atoms with Gasteiger partial charge in [-0.15, -0.1) is 0 Å². The molecule has 0 aliphatic heterocycles. The van der Waals surface area contributed by atoms with Gasteiger partial charge in [-0.05, 0) is 36.8 Å². The van der Waals surface area contributed by atoms with Crippen LogP contribution >= 0.6 is 0 Å². The van der Waals surface area contributed by atoms with Crippen LogP contribution in [0, 0.1) is 6.92 Å². The lowest BCUT2D eigenvalue weighted by Gasteiger charge is -2.10. The van der Waals surface area contributed by atoms with E-state index in [0.717, 1.165) is 16.9 Å². The second-order valence-electron chi connectivity index (χ2n) is 5.75. The molecule has 2 N–H and O–H groups in total. The largest absolute Gasteiger partial charge is 0.465 e. The zero-order chi connectivity index (χ0) is 18.4. The standard InChI is InChI=1S/C20H20N4O2/c1-14-12-18(23-17-10-8-16(9-11-17)19(25)26-2)24-20(22-14)21-13-15-6-4-3-5-7-15/h3-12H,13H2,1-2H3,(H2,21,22,23,24). The predicted molar refractivity (Wildman–Crippen MR) is 102 cm³/mol. The topological polar surface area (TPSA) is 76.1 Å². The molecule has 3 rings (SSSR count). The second kappa shape index (κ2) is 8.11. The number of esters is 1. The first-order chi connectivity index (χ1) is 12.6. The smallest absolute Gasteiger partial charge is 0.337 e. The molecule has 2 aromatic carbocycles. The van der Waals surface area contributed by atoms with Gasteiger partial charge in [-0.3, -0.25) is 0 Å². The van der Waals surface area contributed by atoms with Crippen molar-refractivity contribution in [2.24, 2.45) is 0 Å². The number of aryl methyl sites for hydroxylation is 1. The minimum Gasteiger partial charge on any atom is -0.465 e. The first-order valence-electron chi connectivity index (χ1n) is 8.23. The molecule has 0 saturated heterocycles. The Hall–Kier alpha value is -3.41. The average Bonchev–Trinajstić information content (AvgIpc) is 2.67. The second-order valence-corrected chi connectivity index (χ2v) is 5.75. The number of hydrogen-bond acceptors (Lipinski definition) is 6. The van der Waals surface area contributed by atoms with Crippen molar-refractivity contribution in [1.82, 2.24) is 9.97 Å². The fraction of sp³-hybridized carbons (Fsp3) is 0.150. The van der Waals surface area contributed by atoms with Crippen LogP contribution in [0.1, 0.15) is 21.6 Å². The van der Waals surface area contributed by atoms with Gasteiger partial charge in [-0.25, -0.2) is 9.78 Å². The zero-order valence-corrected chi connectivity index (χ0v) is 14.7. The lowest BCUT2D eigenvalue weighted by molar-refractivity contribution is 0.0601. The van der Waals surface area contributed by atoms with Gasteiger partial charge in [-0.1, -0.05) is 30.3 Å². The van der Waals surface area contributed by atoms with E-state index in [0.29, 0.717) is 23.9 Å². The molecular weight excluding hydrogens is 328 g/mol. The van der Waals surface area contributed by atoms with Crippen molar-refractivity contribution < 1.29 is 9.53 Å². The summed E-state index contributed by atoms with van der Waals surface area (Å²) in [6, 6.07) is 19.0. The van der Waals surface area contributed by atoms with Gasteiger partial charge >= 0.3 is 5.97 Å². The summed E-state index contributed by atoms with van der Waals surface area (Å²) in [6.45, 7) is 2.57. The molecule has 0 aliphatic carbocycles. The lowest BCUT2D eigenvalue weighted by atomic mass is 10.2. The van der Waals surface area contributed by atoms with Crippen molar-refractivity contribution in [1.29, 1.82) is 0 Å². The van der Waals surface area contributed by atoms with Crippen molar-refractivity contribution >= 4 is 23.4 Å². The van der Waals surface area contributed by atoms with Crippen LogP contribution in [0.2, 0.25) is 0 Å². The fourth-order valence-corrected chi connectivity index (χ4v) is 2.44. The Labute approximate surface area is 152 Å². The summed E-state index contributed by atoms with van der Waals surface area (Å²) < 4.78 is 4.70. The molecule has 6 heteroatoms. The van der Waals surface area contributed by atoms with E-state index >= 15 is 0 Å². The van der Waals surface area contributed by atoms with Crippen LogP contribution in [0.25, 0.3) is 0 Å². The van der Waals surface area contributed by atoms with Crippen LogP contribution in [-0.2, 0) is 11.3 Å². The maximum atomic E-state index is 11.5. The highest BCUT2D eigenvalue weighted by Crippen LogP contribution is 2.18. The summed E-state index contributed by atoms with van der Waals surface area (Å²) in [5.74, 6) is 0.878. The molecule has 6 nitrogen and oxygen atoms in total. The highest BCUT2D eigenvalue weighted by atomic mass is 16.5. The van der Waals surface area contributed by atoms with Gasteiger partial charge in [0, 0.05) is 24.0 Å². The van der Waals surface area contributed by atoms with Crippen LogP contribution in [0.15, 0.2) is 60.7 Å². The normalized spacial score (nSPS) is 10.2. The van der Waals surface area contributed by atoms with E-state index in [1.165, 1.54) is 7.11 Å². The number of carbonyl (C=O) groups excluding carboxylic acids is 1. The van der Waals surface area contributed by atoms with E-state index in [-0.39, 0.29) is 5.97 Å². The average molecular weight is 348 g/mol. The third-order valence-electron chi connectivity index (χ3n) is 3.73. The summed E-state index contributed by atoms with van der Waals surface area (Å²) in [7, 11) is 1.36. The van der Waals surface area contributed by atoms with Gasteiger partial charge in [0.15, 0.2) is 0 Å². The number of carbonyl (C=O) groups is 1. The highest BCUT2D eigenvalue weighted by Gasteiger charge is 2.06. The molecule has 3 aromatic rings. The summed E-state index contributed by atoms with van der Waals surface area (Å²) in [4.78, 5) is 20.4. The molecule has 26 heavy (non-hydrogen) atoms. The molecule has 0 bridgehead atoms. The van der Waals surface area contributed by atoms with Crippen LogP contribution in [0.5, 0.6) is 0 Å². The molecule has 1 aromatic heterocycles. The van der Waals surface area contributed by atoms with Crippen molar-refractivity contribution in [3.05, 3.63) is 77.5 Å². The summed E-state index contributed by atoms with van der Waals surface area (Å²) in [5, 5.41) is 6.46. The van der Waals surface area contributed by atoms with E-state index < -0.39 is 0 Å². The van der Waals surface area contributed by atoms with Crippen molar-refractivity contribution in [2.75, 3.05) is 17.7 Å². The Morgan fingerprint density at radius 2 is 1.77 bits per heavy atom. The Morgan fingerprint density at radius 1 is 1.04 bits per heavy atom. The van der Waals surface area contributed by atoms with Crippen molar-refractivity contribution in [3.8, 4) is 0 Å². The molecule has 0 spiro atoms. The van der Waals surface area contributed by atoms with Crippen LogP contribution in [0.3, 0.4) is 0 Å². The third kappa shape index (κ3) is 4.57. The molecule has 0 unspecified atom stereocenters. The maximum Gasteiger partial charge on any atom is 0.337 e. The SMILES string of the molecule is COC(=O)c1ccc(Nc2cc(C)nc(NCc3ccccc3)n2)cc1. The molecular formula is C20H20N4O2. The Balaban J connectivity index is 1.70. The number of anilines is 3. The minimum absolute atomic E-state index is 0.359. The summed E-state index contributed by atoms with van der Waals surface area (Å²) in [6.07, 6.45) is 0. The maximum absolute atomic E-state index is 11.5. The fourth-order valence-electron chi connectivity index (χ4n) is 2.44. The summed E-state index contributed by atoms with van der Waals surface area (Å²) in [5.41, 5.74) is 3.33. The molecule has 1 heterocycles.